The van der Waals surface area contributed by atoms with Crippen molar-refractivity contribution in [2.75, 3.05) is 26.2 Å². The molecule has 9 heteroatoms. The minimum atomic E-state index is -0.866. The van der Waals surface area contributed by atoms with Gasteiger partial charge in [0.1, 0.15) is 0 Å². The van der Waals surface area contributed by atoms with E-state index in [1.165, 1.54) is 6.26 Å². The molecule has 4 rings (SSSR count). The number of hydrogen-bond donors (Lipinski definition) is 0. The van der Waals surface area contributed by atoms with Crippen molar-refractivity contribution in [1.82, 2.24) is 14.8 Å². The zero-order valence-corrected chi connectivity index (χ0v) is 18.0. The van der Waals surface area contributed by atoms with Gasteiger partial charge in [-0.2, -0.15) is 0 Å². The Kier molecular flexibility index (Phi) is 6.31. The molecule has 3 heterocycles. The SMILES string of the molecule is C[C@@H](OC(=O)CCc1nc2ccccc2s1)C(=O)N1CCN(C(=O)c2ccco2)CC1. The number of carbonyl (C=O) groups is 3. The average Bonchev–Trinajstić information content (AvgIpc) is 3.46. The maximum absolute atomic E-state index is 12.6. The number of hydrogen-bond acceptors (Lipinski definition) is 7. The summed E-state index contributed by atoms with van der Waals surface area (Å²) in [5, 5.41) is 0.870. The Morgan fingerprint density at radius 2 is 1.84 bits per heavy atom. The van der Waals surface area contributed by atoms with Crippen molar-refractivity contribution in [3.8, 4) is 0 Å². The van der Waals surface area contributed by atoms with Gasteiger partial charge in [0.25, 0.3) is 11.8 Å². The molecule has 1 fully saturated rings. The Hall–Kier alpha value is -3.20. The number of carbonyl (C=O) groups excluding carboxylic acids is 3. The van der Waals surface area contributed by atoms with Gasteiger partial charge in [0.15, 0.2) is 11.9 Å². The zero-order valence-electron chi connectivity index (χ0n) is 17.2. The second kappa shape index (κ2) is 9.30. The molecular formula is C22H23N3O5S. The van der Waals surface area contributed by atoms with E-state index in [2.05, 4.69) is 4.98 Å². The molecule has 1 aliphatic rings. The fourth-order valence-corrected chi connectivity index (χ4v) is 4.45. The zero-order chi connectivity index (χ0) is 21.8. The number of benzene rings is 1. The van der Waals surface area contributed by atoms with E-state index in [1.807, 2.05) is 24.3 Å². The Labute approximate surface area is 183 Å². The number of amides is 2. The number of esters is 1. The topological polar surface area (TPSA) is 93.0 Å². The van der Waals surface area contributed by atoms with Crippen molar-refractivity contribution in [3.63, 3.8) is 0 Å². The first-order valence-electron chi connectivity index (χ1n) is 10.2. The van der Waals surface area contributed by atoms with Gasteiger partial charge in [0.05, 0.1) is 27.9 Å². The van der Waals surface area contributed by atoms with Crippen molar-refractivity contribution in [2.24, 2.45) is 0 Å². The van der Waals surface area contributed by atoms with Crippen LogP contribution in [0.25, 0.3) is 10.2 Å². The summed E-state index contributed by atoms with van der Waals surface area (Å²) in [6.07, 6.45) is 1.24. The number of fused-ring (bicyclic) bond motifs is 1. The van der Waals surface area contributed by atoms with Crippen molar-refractivity contribution in [1.29, 1.82) is 0 Å². The summed E-state index contributed by atoms with van der Waals surface area (Å²) < 4.78 is 11.6. The summed E-state index contributed by atoms with van der Waals surface area (Å²) in [5.74, 6) is -0.577. The van der Waals surface area contributed by atoms with Gasteiger partial charge in [0, 0.05) is 32.6 Å². The summed E-state index contributed by atoms with van der Waals surface area (Å²) in [4.78, 5) is 45.0. The van der Waals surface area contributed by atoms with E-state index in [0.29, 0.717) is 32.6 Å². The van der Waals surface area contributed by atoms with Crippen LogP contribution >= 0.6 is 11.3 Å². The molecule has 0 aliphatic carbocycles. The molecule has 0 saturated carbocycles. The predicted molar refractivity (Wildman–Crippen MR) is 115 cm³/mol. The van der Waals surface area contributed by atoms with Crippen LogP contribution in [0.1, 0.15) is 28.9 Å². The highest BCUT2D eigenvalue weighted by Gasteiger charge is 2.29. The van der Waals surface area contributed by atoms with Gasteiger partial charge in [-0.3, -0.25) is 14.4 Å². The largest absolute Gasteiger partial charge is 0.459 e. The summed E-state index contributed by atoms with van der Waals surface area (Å²) in [5.41, 5.74) is 0.920. The van der Waals surface area contributed by atoms with Gasteiger partial charge in [-0.05, 0) is 31.2 Å². The number of furan rings is 1. The standard InChI is InChI=1S/C22H23N3O5S/c1-15(30-20(26)9-8-19-23-16-5-2-3-7-18(16)31-19)21(27)24-10-12-25(13-11-24)22(28)17-6-4-14-29-17/h2-7,14-15H,8-13H2,1H3/t15-/m1/s1. The van der Waals surface area contributed by atoms with Crippen LogP contribution in [0.2, 0.25) is 0 Å². The van der Waals surface area contributed by atoms with E-state index in [0.717, 1.165) is 15.2 Å². The minimum Gasteiger partial charge on any atom is -0.459 e. The Balaban J connectivity index is 1.22. The first-order chi connectivity index (χ1) is 15.0. The Bertz CT molecular complexity index is 1040. The molecule has 0 bridgehead atoms. The number of aryl methyl sites for hydroxylation is 1. The van der Waals surface area contributed by atoms with Gasteiger partial charge >= 0.3 is 5.97 Å². The average molecular weight is 442 g/mol. The maximum Gasteiger partial charge on any atom is 0.306 e. The van der Waals surface area contributed by atoms with Gasteiger partial charge in [-0.25, -0.2) is 4.98 Å². The van der Waals surface area contributed by atoms with Crippen LogP contribution < -0.4 is 0 Å². The highest BCUT2D eigenvalue weighted by Crippen LogP contribution is 2.22. The number of piperazine rings is 1. The molecule has 1 atom stereocenters. The second-order valence-electron chi connectivity index (χ2n) is 7.30. The number of nitrogens with zero attached hydrogens (tertiary/aromatic N) is 3. The van der Waals surface area contributed by atoms with Crippen LogP contribution in [0.4, 0.5) is 0 Å². The molecule has 0 radical (unpaired) electrons. The van der Waals surface area contributed by atoms with Gasteiger partial charge in [-0.1, -0.05) is 12.1 Å². The van der Waals surface area contributed by atoms with Crippen LogP contribution in [-0.4, -0.2) is 64.9 Å². The van der Waals surface area contributed by atoms with Crippen LogP contribution in [-0.2, 0) is 20.7 Å². The molecule has 1 aromatic carbocycles. The molecule has 0 N–H and O–H groups in total. The van der Waals surface area contributed by atoms with E-state index < -0.39 is 12.1 Å². The summed E-state index contributed by atoms with van der Waals surface area (Å²) in [7, 11) is 0. The van der Waals surface area contributed by atoms with Gasteiger partial charge < -0.3 is 19.0 Å². The molecule has 31 heavy (non-hydrogen) atoms. The summed E-state index contributed by atoms with van der Waals surface area (Å²) >= 11 is 1.56. The van der Waals surface area contributed by atoms with E-state index in [9.17, 15) is 14.4 Å². The van der Waals surface area contributed by atoms with E-state index in [4.69, 9.17) is 9.15 Å². The van der Waals surface area contributed by atoms with E-state index >= 15 is 0 Å². The highest BCUT2D eigenvalue weighted by atomic mass is 32.1. The lowest BCUT2D eigenvalue weighted by Crippen LogP contribution is -2.53. The summed E-state index contributed by atoms with van der Waals surface area (Å²) in [6, 6.07) is 11.1. The third kappa shape index (κ3) is 4.93. The quantitative estimate of drug-likeness (QED) is 0.546. The molecular weight excluding hydrogens is 418 g/mol. The smallest absolute Gasteiger partial charge is 0.306 e. The number of aromatic nitrogens is 1. The number of thiazole rings is 1. The van der Waals surface area contributed by atoms with E-state index in [-0.39, 0.29) is 24.0 Å². The molecule has 1 saturated heterocycles. The summed E-state index contributed by atoms with van der Waals surface area (Å²) in [6.45, 7) is 3.17. The van der Waals surface area contributed by atoms with E-state index in [1.54, 1.807) is 40.2 Å². The van der Waals surface area contributed by atoms with Crippen LogP contribution in [0.5, 0.6) is 0 Å². The minimum absolute atomic E-state index is 0.170. The highest BCUT2D eigenvalue weighted by molar-refractivity contribution is 7.18. The first-order valence-corrected chi connectivity index (χ1v) is 11.0. The van der Waals surface area contributed by atoms with Crippen molar-refractivity contribution in [2.45, 2.75) is 25.9 Å². The van der Waals surface area contributed by atoms with Crippen molar-refractivity contribution < 1.29 is 23.5 Å². The lowest BCUT2D eigenvalue weighted by atomic mass is 10.2. The molecule has 2 aromatic heterocycles. The molecule has 1 aliphatic heterocycles. The van der Waals surface area contributed by atoms with Crippen LogP contribution in [0, 0.1) is 0 Å². The fraction of sp³-hybridized carbons (Fsp3) is 0.364. The van der Waals surface area contributed by atoms with Gasteiger partial charge in [0.2, 0.25) is 0 Å². The van der Waals surface area contributed by atoms with Crippen LogP contribution in [0.15, 0.2) is 47.1 Å². The lowest BCUT2D eigenvalue weighted by molar-refractivity contribution is -0.159. The lowest BCUT2D eigenvalue weighted by Gasteiger charge is -2.35. The second-order valence-corrected chi connectivity index (χ2v) is 8.42. The maximum atomic E-state index is 12.6. The predicted octanol–water partition coefficient (Wildman–Crippen LogP) is 2.74. The third-order valence-electron chi connectivity index (χ3n) is 5.15. The van der Waals surface area contributed by atoms with Crippen molar-refractivity contribution in [3.05, 3.63) is 53.4 Å². The number of ether oxygens (including phenoxy) is 1. The van der Waals surface area contributed by atoms with Gasteiger partial charge in [-0.15, -0.1) is 11.3 Å². The third-order valence-corrected chi connectivity index (χ3v) is 6.24. The Morgan fingerprint density at radius 3 is 2.55 bits per heavy atom. The molecule has 162 valence electrons. The normalized spacial score (nSPS) is 15.1. The monoisotopic (exact) mass is 441 g/mol. The molecule has 2 amide bonds. The fourth-order valence-electron chi connectivity index (χ4n) is 3.49. The molecule has 0 unspecified atom stereocenters. The molecule has 8 nitrogen and oxygen atoms in total. The number of rotatable bonds is 6. The number of para-hydroxylation sites is 1. The molecule has 3 aromatic rings. The van der Waals surface area contributed by atoms with Crippen molar-refractivity contribution >= 4 is 39.3 Å². The van der Waals surface area contributed by atoms with Crippen LogP contribution in [0.3, 0.4) is 0 Å². The molecule has 0 spiro atoms. The first kappa shape index (κ1) is 21.0. The Morgan fingerprint density at radius 1 is 1.10 bits per heavy atom.